The van der Waals surface area contributed by atoms with Gasteiger partial charge in [0.25, 0.3) is 0 Å². The van der Waals surface area contributed by atoms with Crippen molar-refractivity contribution in [2.75, 3.05) is 33.3 Å². The van der Waals surface area contributed by atoms with Crippen LogP contribution in [0.1, 0.15) is 31.2 Å². The van der Waals surface area contributed by atoms with E-state index >= 15 is 0 Å². The zero-order chi connectivity index (χ0) is 16.5. The van der Waals surface area contributed by atoms with Gasteiger partial charge in [0.1, 0.15) is 0 Å². The van der Waals surface area contributed by atoms with E-state index in [9.17, 15) is 5.11 Å². The van der Waals surface area contributed by atoms with Crippen molar-refractivity contribution in [3.63, 3.8) is 0 Å². The van der Waals surface area contributed by atoms with Crippen molar-refractivity contribution in [2.24, 2.45) is 4.99 Å². The summed E-state index contributed by atoms with van der Waals surface area (Å²) in [4.78, 5) is 8.76. The highest BCUT2D eigenvalue weighted by Crippen LogP contribution is 2.43. The maximum absolute atomic E-state index is 10.8. The van der Waals surface area contributed by atoms with Gasteiger partial charge in [-0.1, -0.05) is 30.7 Å². The summed E-state index contributed by atoms with van der Waals surface area (Å²) in [7, 11) is 3.45. The Morgan fingerprint density at radius 1 is 1.48 bits per heavy atom. The van der Waals surface area contributed by atoms with E-state index in [1.54, 1.807) is 32.1 Å². The fraction of sp³-hybridized carbons (Fsp3) is 0.647. The van der Waals surface area contributed by atoms with Crippen molar-refractivity contribution in [2.45, 2.75) is 37.2 Å². The molecule has 0 bridgehead atoms. The summed E-state index contributed by atoms with van der Waals surface area (Å²) in [6.07, 6.45) is 6.98. The molecule has 6 heteroatoms. The highest BCUT2D eigenvalue weighted by molar-refractivity contribution is 8.14. The van der Waals surface area contributed by atoms with Crippen molar-refractivity contribution < 1.29 is 14.6 Å². The smallest absolute Gasteiger partial charge is 0.0980 e. The summed E-state index contributed by atoms with van der Waals surface area (Å²) in [5.41, 5.74) is 0.577. The number of hydrogen-bond acceptors (Lipinski definition) is 6. The van der Waals surface area contributed by atoms with Crippen LogP contribution in [0.5, 0.6) is 0 Å². The van der Waals surface area contributed by atoms with Crippen LogP contribution in [0.4, 0.5) is 0 Å². The van der Waals surface area contributed by atoms with Crippen LogP contribution >= 0.6 is 11.8 Å². The SMILES string of the molecule is CN=C(SCOCCOC)C1(c2cccnc2)CCCCC1O. The average molecular weight is 338 g/mol. The molecule has 1 N–H and O–H groups in total. The number of aliphatic imine (C=N–C) groups is 1. The number of rotatable bonds is 7. The Balaban J connectivity index is 2.19. The topological polar surface area (TPSA) is 63.9 Å². The molecule has 0 radical (unpaired) electrons. The molecule has 2 rings (SSSR count). The van der Waals surface area contributed by atoms with Gasteiger partial charge < -0.3 is 14.6 Å². The third kappa shape index (κ3) is 4.32. The lowest BCUT2D eigenvalue weighted by Crippen LogP contribution is -2.48. The highest BCUT2D eigenvalue weighted by Gasteiger charge is 2.46. The van der Waals surface area contributed by atoms with Crippen molar-refractivity contribution in [1.82, 2.24) is 4.98 Å². The van der Waals surface area contributed by atoms with E-state index in [0.717, 1.165) is 36.3 Å². The molecule has 1 aliphatic rings. The number of nitrogens with zero attached hydrogens (tertiary/aromatic N) is 2. The Hall–Kier alpha value is -0.950. The second-order valence-electron chi connectivity index (χ2n) is 5.67. The van der Waals surface area contributed by atoms with E-state index in [1.165, 1.54) is 0 Å². The zero-order valence-electron chi connectivity index (χ0n) is 13.9. The number of aliphatic hydroxyl groups is 1. The molecule has 0 saturated heterocycles. The van der Waals surface area contributed by atoms with Gasteiger partial charge >= 0.3 is 0 Å². The third-order valence-electron chi connectivity index (χ3n) is 4.34. The van der Waals surface area contributed by atoms with E-state index < -0.39 is 11.5 Å². The summed E-state index contributed by atoms with van der Waals surface area (Å²) in [6, 6.07) is 3.96. The Morgan fingerprint density at radius 2 is 2.35 bits per heavy atom. The number of ether oxygens (including phenoxy) is 2. The normalized spacial score (nSPS) is 25.5. The minimum Gasteiger partial charge on any atom is -0.392 e. The van der Waals surface area contributed by atoms with Gasteiger partial charge in [-0.2, -0.15) is 0 Å². The van der Waals surface area contributed by atoms with Crippen LogP contribution < -0.4 is 0 Å². The quantitative estimate of drug-likeness (QED) is 0.358. The van der Waals surface area contributed by atoms with Crippen LogP contribution in [0.3, 0.4) is 0 Å². The third-order valence-corrected chi connectivity index (χ3v) is 5.44. The molecule has 1 aromatic heterocycles. The number of aliphatic hydroxyl groups excluding tert-OH is 1. The first kappa shape index (κ1) is 18.4. The van der Waals surface area contributed by atoms with Crippen molar-refractivity contribution >= 4 is 16.8 Å². The molecule has 2 unspecified atom stereocenters. The molecular weight excluding hydrogens is 312 g/mol. The molecular formula is C17H26N2O3S. The summed E-state index contributed by atoms with van der Waals surface area (Å²) in [5.74, 6) is 0.505. The van der Waals surface area contributed by atoms with Crippen LogP contribution in [-0.4, -0.2) is 54.5 Å². The number of thioether (sulfide) groups is 1. The second kappa shape index (κ2) is 9.37. The maximum atomic E-state index is 10.8. The molecule has 1 fully saturated rings. The second-order valence-corrected chi connectivity index (χ2v) is 6.58. The molecule has 0 amide bonds. The number of aromatic nitrogens is 1. The first-order valence-corrected chi connectivity index (χ1v) is 8.99. The summed E-state index contributed by atoms with van der Waals surface area (Å²) >= 11 is 1.56. The van der Waals surface area contributed by atoms with E-state index in [0.29, 0.717) is 19.2 Å². The first-order chi connectivity index (χ1) is 11.3. The van der Waals surface area contributed by atoms with Crippen LogP contribution in [-0.2, 0) is 14.9 Å². The molecule has 2 atom stereocenters. The van der Waals surface area contributed by atoms with Gasteiger partial charge in [0.2, 0.25) is 0 Å². The molecule has 128 valence electrons. The fourth-order valence-electron chi connectivity index (χ4n) is 3.18. The fourth-order valence-corrected chi connectivity index (χ4v) is 4.24. The van der Waals surface area contributed by atoms with Gasteiger partial charge in [-0.25, -0.2) is 0 Å². The van der Waals surface area contributed by atoms with Crippen molar-refractivity contribution in [3.8, 4) is 0 Å². The molecule has 23 heavy (non-hydrogen) atoms. The lowest BCUT2D eigenvalue weighted by Gasteiger charge is -2.42. The van der Waals surface area contributed by atoms with Crippen molar-refractivity contribution in [1.29, 1.82) is 0 Å². The van der Waals surface area contributed by atoms with Gasteiger partial charge in [-0.15, -0.1) is 0 Å². The minimum atomic E-state index is -0.462. The molecule has 1 aliphatic carbocycles. The summed E-state index contributed by atoms with van der Waals surface area (Å²) in [5, 5.41) is 11.8. The van der Waals surface area contributed by atoms with Crippen LogP contribution in [0.2, 0.25) is 0 Å². The number of pyridine rings is 1. The predicted octanol–water partition coefficient (Wildman–Crippen LogP) is 2.64. The van der Waals surface area contributed by atoms with Gasteiger partial charge in [-0.05, 0) is 24.5 Å². The Morgan fingerprint density at radius 3 is 3.00 bits per heavy atom. The molecule has 0 spiro atoms. The Labute approximate surface area is 142 Å². The first-order valence-electron chi connectivity index (χ1n) is 8.01. The minimum absolute atomic E-state index is 0.439. The lowest BCUT2D eigenvalue weighted by atomic mass is 9.68. The zero-order valence-corrected chi connectivity index (χ0v) is 14.7. The van der Waals surface area contributed by atoms with Gasteiger partial charge in [-0.3, -0.25) is 9.98 Å². The maximum Gasteiger partial charge on any atom is 0.0980 e. The van der Waals surface area contributed by atoms with Crippen molar-refractivity contribution in [3.05, 3.63) is 30.1 Å². The largest absolute Gasteiger partial charge is 0.392 e. The van der Waals surface area contributed by atoms with E-state index in [4.69, 9.17) is 9.47 Å². The monoisotopic (exact) mass is 338 g/mol. The van der Waals surface area contributed by atoms with E-state index in [-0.39, 0.29) is 0 Å². The molecule has 1 aromatic rings. The number of methoxy groups -OCH3 is 1. The van der Waals surface area contributed by atoms with Crippen LogP contribution in [0, 0.1) is 0 Å². The van der Waals surface area contributed by atoms with Crippen LogP contribution in [0.25, 0.3) is 0 Å². The molecule has 0 aliphatic heterocycles. The standard InChI is InChI=1S/C17H26N2O3S/c1-18-16(23-13-22-11-10-21-2)17(8-4-3-7-15(17)20)14-6-5-9-19-12-14/h5-6,9,12,15,20H,3-4,7-8,10-11,13H2,1-2H3. The lowest BCUT2D eigenvalue weighted by molar-refractivity contribution is 0.0789. The molecule has 1 heterocycles. The van der Waals surface area contributed by atoms with Gasteiger partial charge in [0.05, 0.1) is 35.7 Å². The average Bonchev–Trinajstić information content (AvgIpc) is 2.60. The summed E-state index contributed by atoms with van der Waals surface area (Å²) < 4.78 is 10.6. The van der Waals surface area contributed by atoms with E-state index in [1.807, 2.05) is 18.3 Å². The highest BCUT2D eigenvalue weighted by atomic mass is 32.2. The Bertz CT molecular complexity index is 498. The van der Waals surface area contributed by atoms with Crippen LogP contribution in [0.15, 0.2) is 29.5 Å². The molecule has 0 aromatic carbocycles. The molecule has 1 saturated carbocycles. The Kier molecular flexibility index (Phi) is 7.49. The van der Waals surface area contributed by atoms with Gasteiger partial charge in [0, 0.05) is 26.6 Å². The van der Waals surface area contributed by atoms with E-state index in [2.05, 4.69) is 9.98 Å². The predicted molar refractivity (Wildman–Crippen MR) is 94.0 cm³/mol. The van der Waals surface area contributed by atoms with Gasteiger partial charge in [0.15, 0.2) is 0 Å². The summed E-state index contributed by atoms with van der Waals surface area (Å²) in [6.45, 7) is 1.14. The molecule has 5 nitrogen and oxygen atoms in total. The number of hydrogen-bond donors (Lipinski definition) is 1.